The molecule has 5 aromatic rings. The number of fused-ring (bicyclic) bond motifs is 3. The van der Waals surface area contributed by atoms with Gasteiger partial charge in [0.05, 0.1) is 17.4 Å². The van der Waals surface area contributed by atoms with E-state index in [0.29, 0.717) is 30.0 Å². The molecule has 7 nitrogen and oxygen atoms in total. The molecule has 5 rings (SSSR count). The third-order valence-electron chi connectivity index (χ3n) is 6.40. The van der Waals surface area contributed by atoms with Crippen LogP contribution in [0, 0.1) is 20.8 Å². The second-order valence-corrected chi connectivity index (χ2v) is 8.99. The summed E-state index contributed by atoms with van der Waals surface area (Å²) in [5.41, 5.74) is 5.88. The maximum Gasteiger partial charge on any atom is 0.263 e. The molecule has 1 N–H and O–H groups in total. The molecule has 2 aromatic heterocycles. The zero-order valence-corrected chi connectivity index (χ0v) is 20.1. The highest BCUT2D eigenvalue weighted by Crippen LogP contribution is 2.18. The van der Waals surface area contributed by atoms with E-state index in [1.165, 1.54) is 5.56 Å². The number of hydrogen-bond acceptors (Lipinski definition) is 4. The Kier molecular flexibility index (Phi) is 5.91. The molecule has 0 spiro atoms. The van der Waals surface area contributed by atoms with Crippen LogP contribution in [0.2, 0.25) is 0 Å². The lowest BCUT2D eigenvalue weighted by atomic mass is 10.1. The second kappa shape index (κ2) is 9.18. The number of rotatable bonds is 6. The summed E-state index contributed by atoms with van der Waals surface area (Å²) in [6.07, 6.45) is 0.643. The van der Waals surface area contributed by atoms with Crippen LogP contribution in [-0.2, 0) is 17.8 Å². The number of nitrogens with one attached hydrogen (secondary N) is 1. The fourth-order valence-electron chi connectivity index (χ4n) is 4.26. The van der Waals surface area contributed by atoms with Crippen LogP contribution in [0.1, 0.15) is 34.5 Å². The normalized spacial score (nSPS) is 11.3. The maximum atomic E-state index is 13.4. The zero-order valence-electron chi connectivity index (χ0n) is 20.1. The molecule has 0 unspecified atom stereocenters. The van der Waals surface area contributed by atoms with Crippen LogP contribution in [0.25, 0.3) is 16.7 Å². The van der Waals surface area contributed by atoms with Crippen molar-refractivity contribution in [3.63, 3.8) is 0 Å². The molecule has 0 aliphatic rings. The Hall–Kier alpha value is -4.26. The number of para-hydroxylation sites is 1. The predicted octanol–water partition coefficient (Wildman–Crippen LogP) is 4.59. The molecule has 2 heterocycles. The van der Waals surface area contributed by atoms with Gasteiger partial charge in [0.25, 0.3) is 5.56 Å². The van der Waals surface area contributed by atoms with E-state index in [-0.39, 0.29) is 17.9 Å². The van der Waals surface area contributed by atoms with Gasteiger partial charge in [-0.15, -0.1) is 10.2 Å². The lowest BCUT2D eigenvalue weighted by molar-refractivity contribution is -0.116. The highest BCUT2D eigenvalue weighted by molar-refractivity contribution is 5.91. The molecule has 0 radical (unpaired) electrons. The zero-order chi connectivity index (χ0) is 24.5. The molecule has 0 fully saturated rings. The van der Waals surface area contributed by atoms with E-state index in [1.807, 2.05) is 91.9 Å². The first-order valence-corrected chi connectivity index (χ1v) is 11.7. The molecule has 35 heavy (non-hydrogen) atoms. The van der Waals surface area contributed by atoms with E-state index >= 15 is 0 Å². The van der Waals surface area contributed by atoms with Crippen molar-refractivity contribution in [2.24, 2.45) is 0 Å². The number of hydrogen-bond donors (Lipinski definition) is 1. The molecule has 1 amide bonds. The van der Waals surface area contributed by atoms with Gasteiger partial charge in [0.15, 0.2) is 0 Å². The van der Waals surface area contributed by atoms with Gasteiger partial charge in [-0.05, 0) is 61.7 Å². The summed E-state index contributed by atoms with van der Waals surface area (Å²) in [6, 6.07) is 21.4. The highest BCUT2D eigenvalue weighted by atomic mass is 16.1. The molecule has 176 valence electrons. The van der Waals surface area contributed by atoms with Gasteiger partial charge < -0.3 is 5.32 Å². The maximum absolute atomic E-state index is 13.4. The first-order chi connectivity index (χ1) is 16.9. The minimum absolute atomic E-state index is 0.0951. The molecule has 0 saturated heterocycles. The first kappa shape index (κ1) is 22.5. The molecular formula is C28H27N5O2. The van der Waals surface area contributed by atoms with E-state index in [4.69, 9.17) is 0 Å². The molecule has 0 atom stereocenters. The second-order valence-electron chi connectivity index (χ2n) is 8.99. The number of carbonyl (C=O) groups excluding carboxylic acids is 1. The van der Waals surface area contributed by atoms with E-state index in [9.17, 15) is 9.59 Å². The van der Waals surface area contributed by atoms with Crippen LogP contribution in [0.4, 0.5) is 5.69 Å². The lowest BCUT2D eigenvalue weighted by Gasteiger charge is -2.12. The predicted molar refractivity (Wildman–Crippen MR) is 138 cm³/mol. The topological polar surface area (TPSA) is 81.3 Å². The summed E-state index contributed by atoms with van der Waals surface area (Å²) in [6.45, 7) is 6.48. The molecule has 0 saturated carbocycles. The third kappa shape index (κ3) is 4.45. The van der Waals surface area contributed by atoms with Crippen molar-refractivity contribution >= 4 is 28.3 Å². The summed E-state index contributed by atoms with van der Waals surface area (Å²) in [7, 11) is 0. The van der Waals surface area contributed by atoms with Gasteiger partial charge in [-0.2, -0.15) is 0 Å². The molecule has 3 aromatic carbocycles. The Bertz CT molecular complexity index is 1610. The summed E-state index contributed by atoms with van der Waals surface area (Å²) in [5, 5.41) is 12.3. The number of anilines is 1. The smallest absolute Gasteiger partial charge is 0.263 e. The van der Waals surface area contributed by atoms with Crippen molar-refractivity contribution in [2.75, 3.05) is 5.32 Å². The van der Waals surface area contributed by atoms with Crippen molar-refractivity contribution in [1.82, 2.24) is 19.2 Å². The number of aryl methyl sites for hydroxylation is 4. The van der Waals surface area contributed by atoms with Crippen molar-refractivity contribution in [3.8, 4) is 0 Å². The SMILES string of the molecule is Cc1ccc(Cn2c(=O)c3ccccc3n3c(CCC(=O)Nc4ccc(C)c(C)c4)nnc23)cc1. The lowest BCUT2D eigenvalue weighted by Crippen LogP contribution is -2.24. The Morgan fingerprint density at radius 1 is 0.914 bits per heavy atom. The summed E-state index contributed by atoms with van der Waals surface area (Å²) < 4.78 is 3.55. The average molecular weight is 466 g/mol. The van der Waals surface area contributed by atoms with Crippen LogP contribution in [0.3, 0.4) is 0 Å². The fraction of sp³-hybridized carbons (Fsp3) is 0.214. The van der Waals surface area contributed by atoms with Crippen LogP contribution in [0.5, 0.6) is 0 Å². The van der Waals surface area contributed by atoms with Crippen LogP contribution < -0.4 is 10.9 Å². The minimum Gasteiger partial charge on any atom is -0.326 e. The quantitative estimate of drug-likeness (QED) is 0.398. The van der Waals surface area contributed by atoms with E-state index in [2.05, 4.69) is 15.5 Å². The van der Waals surface area contributed by atoms with E-state index < -0.39 is 0 Å². The van der Waals surface area contributed by atoms with Crippen LogP contribution in [0.15, 0.2) is 71.5 Å². The summed E-state index contributed by atoms with van der Waals surface area (Å²) in [4.78, 5) is 26.0. The van der Waals surface area contributed by atoms with Gasteiger partial charge in [0.1, 0.15) is 5.82 Å². The number of benzene rings is 3. The van der Waals surface area contributed by atoms with E-state index in [0.717, 1.165) is 27.9 Å². The highest BCUT2D eigenvalue weighted by Gasteiger charge is 2.17. The Morgan fingerprint density at radius 2 is 1.69 bits per heavy atom. The Labute approximate surface area is 203 Å². The number of nitrogens with zero attached hydrogens (tertiary/aromatic N) is 4. The van der Waals surface area contributed by atoms with Gasteiger partial charge in [0, 0.05) is 18.5 Å². The van der Waals surface area contributed by atoms with Gasteiger partial charge >= 0.3 is 0 Å². The standard InChI is InChI=1S/C28H27N5O2/c1-18-8-11-21(12-9-18)17-32-27(35)23-6-4-5-7-24(23)33-25(30-31-28(32)33)14-15-26(34)29-22-13-10-19(2)20(3)16-22/h4-13,16H,14-15,17H2,1-3H3,(H,29,34). The van der Waals surface area contributed by atoms with Gasteiger partial charge in [-0.25, -0.2) is 0 Å². The molecule has 0 aliphatic carbocycles. The molecule has 0 bridgehead atoms. The Balaban J connectivity index is 1.48. The number of aromatic nitrogens is 4. The third-order valence-corrected chi connectivity index (χ3v) is 6.40. The van der Waals surface area contributed by atoms with E-state index in [1.54, 1.807) is 4.57 Å². The van der Waals surface area contributed by atoms with Crippen molar-refractivity contribution in [3.05, 3.63) is 105 Å². The Morgan fingerprint density at radius 3 is 2.46 bits per heavy atom. The molecule has 7 heteroatoms. The van der Waals surface area contributed by atoms with Crippen molar-refractivity contribution in [1.29, 1.82) is 0 Å². The largest absolute Gasteiger partial charge is 0.326 e. The number of amides is 1. The summed E-state index contributed by atoms with van der Waals surface area (Å²) in [5.74, 6) is 1.02. The first-order valence-electron chi connectivity index (χ1n) is 11.7. The van der Waals surface area contributed by atoms with Gasteiger partial charge in [-0.3, -0.25) is 18.6 Å². The average Bonchev–Trinajstić information content (AvgIpc) is 3.28. The van der Waals surface area contributed by atoms with Crippen molar-refractivity contribution in [2.45, 2.75) is 40.2 Å². The van der Waals surface area contributed by atoms with Crippen LogP contribution in [-0.4, -0.2) is 25.1 Å². The monoisotopic (exact) mass is 465 g/mol. The molecular weight excluding hydrogens is 438 g/mol. The fourth-order valence-corrected chi connectivity index (χ4v) is 4.26. The number of carbonyl (C=O) groups is 1. The van der Waals surface area contributed by atoms with Crippen LogP contribution >= 0.6 is 0 Å². The van der Waals surface area contributed by atoms with Gasteiger partial charge in [0.2, 0.25) is 11.7 Å². The minimum atomic E-state index is -0.111. The summed E-state index contributed by atoms with van der Waals surface area (Å²) >= 11 is 0. The van der Waals surface area contributed by atoms with Crippen molar-refractivity contribution < 1.29 is 4.79 Å². The van der Waals surface area contributed by atoms with Gasteiger partial charge in [-0.1, -0.05) is 48.0 Å². The molecule has 0 aliphatic heterocycles.